The molecule has 0 saturated carbocycles. The smallest absolute Gasteiger partial charge is 0.221 e. The van der Waals surface area contributed by atoms with Crippen molar-refractivity contribution in [1.29, 1.82) is 0 Å². The van der Waals surface area contributed by atoms with Crippen LogP contribution in [0.25, 0.3) is 16.9 Å². The van der Waals surface area contributed by atoms with Crippen LogP contribution in [-0.2, 0) is 4.79 Å². The second-order valence-electron chi connectivity index (χ2n) is 6.17. The van der Waals surface area contributed by atoms with Crippen LogP contribution >= 0.6 is 0 Å². The maximum atomic E-state index is 13.2. The lowest BCUT2D eigenvalue weighted by Gasteiger charge is -2.12. The second-order valence-corrected chi connectivity index (χ2v) is 6.17. The molecular formula is C19H22FN5O. The van der Waals surface area contributed by atoms with Gasteiger partial charge in [-0.05, 0) is 37.6 Å². The molecule has 0 aliphatic heterocycles. The molecule has 2 aromatic heterocycles. The van der Waals surface area contributed by atoms with Gasteiger partial charge in [0.2, 0.25) is 5.91 Å². The summed E-state index contributed by atoms with van der Waals surface area (Å²) in [5.74, 6) is 0.464. The quantitative estimate of drug-likeness (QED) is 0.682. The number of benzene rings is 1. The van der Waals surface area contributed by atoms with E-state index in [-0.39, 0.29) is 17.8 Å². The first-order valence-electron chi connectivity index (χ1n) is 8.69. The molecule has 3 rings (SSSR count). The molecule has 0 fully saturated rings. The van der Waals surface area contributed by atoms with Gasteiger partial charge in [0.25, 0.3) is 0 Å². The fourth-order valence-corrected chi connectivity index (χ4v) is 2.63. The van der Waals surface area contributed by atoms with Gasteiger partial charge in [0, 0.05) is 37.0 Å². The lowest BCUT2D eigenvalue weighted by atomic mass is 10.1. The van der Waals surface area contributed by atoms with Crippen LogP contribution in [0, 0.1) is 5.82 Å². The minimum absolute atomic E-state index is 0.00525. The van der Waals surface area contributed by atoms with Gasteiger partial charge >= 0.3 is 0 Å². The minimum Gasteiger partial charge on any atom is -0.369 e. The molecule has 0 spiro atoms. The largest absolute Gasteiger partial charge is 0.369 e. The normalized spacial score (nSPS) is 12.1. The lowest BCUT2D eigenvalue weighted by molar-refractivity contribution is -0.121. The maximum absolute atomic E-state index is 13.2. The summed E-state index contributed by atoms with van der Waals surface area (Å²) < 4.78 is 15.1. The Bertz CT molecular complexity index is 891. The molecule has 0 saturated heterocycles. The summed E-state index contributed by atoms with van der Waals surface area (Å²) >= 11 is 0. The van der Waals surface area contributed by atoms with Gasteiger partial charge in [-0.25, -0.2) is 9.37 Å². The van der Waals surface area contributed by atoms with E-state index in [1.165, 1.54) is 12.1 Å². The molecule has 0 aliphatic rings. The zero-order valence-corrected chi connectivity index (χ0v) is 14.9. The fourth-order valence-electron chi connectivity index (χ4n) is 2.63. The number of nitrogens with one attached hydrogen (secondary N) is 2. The van der Waals surface area contributed by atoms with Crippen LogP contribution in [-0.4, -0.2) is 32.9 Å². The number of carbonyl (C=O) groups excluding carboxylic acids is 1. The van der Waals surface area contributed by atoms with Crippen molar-refractivity contribution in [2.45, 2.75) is 32.7 Å². The third-order valence-electron chi connectivity index (χ3n) is 4.21. The number of carbonyl (C=O) groups is 1. The summed E-state index contributed by atoms with van der Waals surface area (Å²) in [4.78, 5) is 20.6. The number of halogens is 1. The van der Waals surface area contributed by atoms with Crippen LogP contribution in [0.1, 0.15) is 26.7 Å². The third-order valence-corrected chi connectivity index (χ3v) is 4.21. The highest BCUT2D eigenvalue weighted by Gasteiger charge is 2.14. The van der Waals surface area contributed by atoms with Crippen molar-refractivity contribution < 1.29 is 9.18 Å². The zero-order valence-electron chi connectivity index (χ0n) is 14.9. The number of hydrogen-bond donors (Lipinski definition) is 2. The van der Waals surface area contributed by atoms with Gasteiger partial charge < -0.3 is 10.6 Å². The van der Waals surface area contributed by atoms with E-state index in [1.54, 1.807) is 30.7 Å². The minimum atomic E-state index is -0.296. The molecule has 2 N–H and O–H groups in total. The Balaban J connectivity index is 1.81. The first-order valence-corrected chi connectivity index (χ1v) is 8.69. The first kappa shape index (κ1) is 17.8. The summed E-state index contributed by atoms with van der Waals surface area (Å²) in [5.41, 5.74) is 2.17. The van der Waals surface area contributed by atoms with E-state index in [4.69, 9.17) is 0 Å². The molecule has 0 unspecified atom stereocenters. The number of anilines is 1. The third kappa shape index (κ3) is 3.99. The van der Waals surface area contributed by atoms with Crippen molar-refractivity contribution >= 4 is 17.4 Å². The number of hydrogen-bond acceptors (Lipinski definition) is 4. The number of amides is 1. The number of aromatic nitrogens is 3. The van der Waals surface area contributed by atoms with Gasteiger partial charge in [-0.1, -0.05) is 6.92 Å². The van der Waals surface area contributed by atoms with E-state index in [9.17, 15) is 9.18 Å². The van der Waals surface area contributed by atoms with E-state index >= 15 is 0 Å². The zero-order chi connectivity index (χ0) is 18.5. The molecule has 6 nitrogen and oxygen atoms in total. The predicted molar refractivity (Wildman–Crippen MR) is 99.4 cm³/mol. The predicted octanol–water partition coefficient (Wildman–Crippen LogP) is 3.25. The van der Waals surface area contributed by atoms with Crippen molar-refractivity contribution in [3.63, 3.8) is 0 Å². The van der Waals surface area contributed by atoms with E-state index in [0.717, 1.165) is 17.8 Å². The van der Waals surface area contributed by atoms with Crippen LogP contribution in [0.5, 0.6) is 0 Å². The molecule has 0 bridgehead atoms. The number of fused-ring (bicyclic) bond motifs is 1. The van der Waals surface area contributed by atoms with Crippen molar-refractivity contribution in [3.8, 4) is 11.3 Å². The summed E-state index contributed by atoms with van der Waals surface area (Å²) in [7, 11) is 0. The number of nitrogens with zero attached hydrogens (tertiary/aromatic N) is 3. The summed E-state index contributed by atoms with van der Waals surface area (Å²) in [6.07, 6.45) is 6.38. The summed E-state index contributed by atoms with van der Waals surface area (Å²) in [6, 6.07) is 6.35. The van der Waals surface area contributed by atoms with Crippen molar-refractivity contribution in [1.82, 2.24) is 19.7 Å². The maximum Gasteiger partial charge on any atom is 0.221 e. The average Bonchev–Trinajstić information content (AvgIpc) is 3.01. The van der Waals surface area contributed by atoms with E-state index in [0.29, 0.717) is 24.3 Å². The van der Waals surface area contributed by atoms with Gasteiger partial charge in [0.15, 0.2) is 5.65 Å². The molecule has 1 atom stereocenters. The van der Waals surface area contributed by atoms with Crippen molar-refractivity contribution in [2.24, 2.45) is 0 Å². The van der Waals surface area contributed by atoms with Crippen molar-refractivity contribution in [3.05, 3.63) is 48.7 Å². The van der Waals surface area contributed by atoms with Gasteiger partial charge in [-0.15, -0.1) is 0 Å². The van der Waals surface area contributed by atoms with E-state index in [2.05, 4.69) is 20.6 Å². The Morgan fingerprint density at radius 1 is 1.31 bits per heavy atom. The van der Waals surface area contributed by atoms with Gasteiger partial charge in [0.1, 0.15) is 17.3 Å². The second kappa shape index (κ2) is 7.95. The highest BCUT2D eigenvalue weighted by Crippen LogP contribution is 2.28. The molecule has 2 heterocycles. The van der Waals surface area contributed by atoms with Crippen LogP contribution < -0.4 is 10.6 Å². The molecule has 1 amide bonds. The number of imidazole rings is 1. The van der Waals surface area contributed by atoms with Crippen LogP contribution in [0.4, 0.5) is 10.2 Å². The van der Waals surface area contributed by atoms with Gasteiger partial charge in [-0.3, -0.25) is 14.2 Å². The Morgan fingerprint density at radius 2 is 2.08 bits per heavy atom. The highest BCUT2D eigenvalue weighted by molar-refractivity contribution is 5.78. The first-order chi connectivity index (χ1) is 12.6. The molecule has 136 valence electrons. The summed E-state index contributed by atoms with van der Waals surface area (Å²) in [5, 5.41) is 6.24. The topological polar surface area (TPSA) is 71.3 Å². The molecule has 3 aromatic rings. The Hall–Kier alpha value is -2.96. The Morgan fingerprint density at radius 3 is 2.81 bits per heavy atom. The van der Waals surface area contributed by atoms with Crippen LogP contribution in [0.3, 0.4) is 0 Å². The van der Waals surface area contributed by atoms with Gasteiger partial charge in [-0.2, -0.15) is 0 Å². The SMILES string of the molecule is CC[C@H](C)NC(=O)CCNc1c(-c2ccc(F)cc2)nc2cnccn12. The van der Waals surface area contributed by atoms with Crippen molar-refractivity contribution in [2.75, 3.05) is 11.9 Å². The Labute approximate surface area is 151 Å². The van der Waals surface area contributed by atoms with Gasteiger partial charge in [0.05, 0.1) is 6.20 Å². The molecule has 0 radical (unpaired) electrons. The van der Waals surface area contributed by atoms with Crippen LogP contribution in [0.15, 0.2) is 42.9 Å². The summed E-state index contributed by atoms with van der Waals surface area (Å²) in [6.45, 7) is 4.48. The molecule has 7 heteroatoms. The Kier molecular flexibility index (Phi) is 5.46. The lowest BCUT2D eigenvalue weighted by Crippen LogP contribution is -2.33. The van der Waals surface area contributed by atoms with E-state index < -0.39 is 0 Å². The van der Waals surface area contributed by atoms with Crippen LogP contribution in [0.2, 0.25) is 0 Å². The standard InChI is InChI=1S/C19H22FN5O/c1-3-13(2)23-17(26)8-9-22-19-18(14-4-6-15(20)7-5-14)24-16-12-21-10-11-25(16)19/h4-7,10-13,22H,3,8-9H2,1-2H3,(H,23,26)/t13-/m0/s1. The monoisotopic (exact) mass is 355 g/mol. The van der Waals surface area contributed by atoms with E-state index in [1.807, 2.05) is 18.2 Å². The molecule has 26 heavy (non-hydrogen) atoms. The fraction of sp³-hybridized carbons (Fsp3) is 0.316. The number of rotatable bonds is 7. The molecular weight excluding hydrogens is 333 g/mol. The highest BCUT2D eigenvalue weighted by atomic mass is 19.1. The molecule has 0 aliphatic carbocycles. The average molecular weight is 355 g/mol. The molecule has 1 aromatic carbocycles.